The van der Waals surface area contributed by atoms with Crippen molar-refractivity contribution in [1.29, 1.82) is 5.26 Å². The number of likely N-dealkylation sites (tertiary alicyclic amines) is 1. The van der Waals surface area contributed by atoms with Gasteiger partial charge in [0.15, 0.2) is 0 Å². The average Bonchev–Trinajstić information content (AvgIpc) is 2.67. The van der Waals surface area contributed by atoms with E-state index in [0.717, 1.165) is 13.1 Å². The van der Waals surface area contributed by atoms with Gasteiger partial charge in [0.05, 0.1) is 6.07 Å². The fraction of sp³-hybridized carbons (Fsp3) is 0.727. The fourth-order valence-electron chi connectivity index (χ4n) is 2.24. The molecule has 17 heavy (non-hydrogen) atoms. The third kappa shape index (κ3) is 2.62. The summed E-state index contributed by atoms with van der Waals surface area (Å²) in [5.74, 6) is -0.169. The van der Waals surface area contributed by atoms with Gasteiger partial charge < -0.3 is 5.32 Å². The Hall–Kier alpha value is -1.45. The Kier molecular flexibility index (Phi) is 3.71. The number of carbonyl (C=O) groups excluding carboxylic acids is 2. The molecule has 2 aliphatic heterocycles. The molecule has 1 atom stereocenters. The van der Waals surface area contributed by atoms with Crippen LogP contribution < -0.4 is 5.32 Å². The maximum Gasteiger partial charge on any atom is 0.229 e. The number of nitrogens with one attached hydrogen (secondary N) is 1. The molecule has 0 bridgehead atoms. The number of nitriles is 1. The van der Waals surface area contributed by atoms with Crippen LogP contribution >= 0.6 is 0 Å². The Morgan fingerprint density at radius 1 is 1.29 bits per heavy atom. The van der Waals surface area contributed by atoms with Crippen molar-refractivity contribution in [2.45, 2.75) is 18.9 Å². The van der Waals surface area contributed by atoms with Crippen LogP contribution in [0.25, 0.3) is 0 Å². The molecule has 0 radical (unpaired) electrons. The molecule has 2 aliphatic rings. The van der Waals surface area contributed by atoms with Crippen LogP contribution in [0.5, 0.6) is 0 Å². The highest BCUT2D eigenvalue weighted by Crippen LogP contribution is 2.12. The molecule has 2 heterocycles. The molecule has 0 aliphatic carbocycles. The summed E-state index contributed by atoms with van der Waals surface area (Å²) in [7, 11) is 0. The molecule has 92 valence electrons. The van der Waals surface area contributed by atoms with Crippen LogP contribution in [0.1, 0.15) is 12.8 Å². The molecule has 2 saturated heterocycles. The van der Waals surface area contributed by atoms with Crippen molar-refractivity contribution >= 4 is 11.8 Å². The second kappa shape index (κ2) is 5.25. The van der Waals surface area contributed by atoms with Crippen molar-refractivity contribution in [3.05, 3.63) is 0 Å². The number of nitrogens with zero attached hydrogens (tertiary/aromatic N) is 3. The van der Waals surface area contributed by atoms with E-state index in [1.165, 1.54) is 4.90 Å². The van der Waals surface area contributed by atoms with E-state index in [1.807, 2.05) is 4.90 Å². The molecule has 1 unspecified atom stereocenters. The number of hydrogen-bond donors (Lipinski definition) is 1. The van der Waals surface area contributed by atoms with E-state index in [0.29, 0.717) is 32.5 Å². The maximum absolute atomic E-state index is 11.4. The van der Waals surface area contributed by atoms with Crippen LogP contribution in [0, 0.1) is 11.3 Å². The summed E-state index contributed by atoms with van der Waals surface area (Å²) >= 11 is 0. The molecule has 2 amide bonds. The van der Waals surface area contributed by atoms with E-state index in [-0.39, 0.29) is 17.9 Å². The largest absolute Gasteiger partial charge is 0.313 e. The van der Waals surface area contributed by atoms with E-state index in [2.05, 4.69) is 11.4 Å². The molecule has 6 heteroatoms. The van der Waals surface area contributed by atoms with Gasteiger partial charge in [-0.05, 0) is 0 Å². The number of hydrogen-bond acceptors (Lipinski definition) is 5. The molecular formula is C11H16N4O2. The number of piperazine rings is 1. The molecular weight excluding hydrogens is 220 g/mol. The number of imide groups is 1. The highest BCUT2D eigenvalue weighted by Gasteiger charge is 2.30. The minimum absolute atomic E-state index is 0.0846. The minimum Gasteiger partial charge on any atom is -0.313 e. The molecule has 2 fully saturated rings. The van der Waals surface area contributed by atoms with Gasteiger partial charge in [-0.3, -0.25) is 19.4 Å². The van der Waals surface area contributed by atoms with Crippen LogP contribution in [0.15, 0.2) is 0 Å². The monoisotopic (exact) mass is 236 g/mol. The molecule has 0 aromatic carbocycles. The van der Waals surface area contributed by atoms with Crippen LogP contribution in [0.4, 0.5) is 0 Å². The Balaban J connectivity index is 1.86. The van der Waals surface area contributed by atoms with Gasteiger partial charge in [-0.1, -0.05) is 0 Å². The lowest BCUT2D eigenvalue weighted by molar-refractivity contribution is -0.138. The molecule has 0 aromatic heterocycles. The standard InChI is InChI=1S/C11H16N4O2/c12-7-9-8-13-3-4-14(9)5-6-15-10(16)1-2-11(15)17/h9,13H,1-6,8H2. The van der Waals surface area contributed by atoms with Gasteiger partial charge in [0.2, 0.25) is 11.8 Å². The normalized spacial score (nSPS) is 26.3. The lowest BCUT2D eigenvalue weighted by Crippen LogP contribution is -2.52. The highest BCUT2D eigenvalue weighted by molar-refractivity contribution is 6.01. The zero-order chi connectivity index (χ0) is 12.3. The van der Waals surface area contributed by atoms with E-state index >= 15 is 0 Å². The van der Waals surface area contributed by atoms with E-state index in [1.54, 1.807) is 0 Å². The van der Waals surface area contributed by atoms with Crippen LogP contribution in [0.2, 0.25) is 0 Å². The number of rotatable bonds is 3. The molecule has 1 N–H and O–H groups in total. The predicted molar refractivity (Wildman–Crippen MR) is 59.8 cm³/mol. The Morgan fingerprint density at radius 2 is 2.00 bits per heavy atom. The third-order valence-electron chi connectivity index (χ3n) is 3.27. The fourth-order valence-corrected chi connectivity index (χ4v) is 2.24. The first-order valence-corrected chi connectivity index (χ1v) is 5.90. The van der Waals surface area contributed by atoms with E-state index in [4.69, 9.17) is 5.26 Å². The van der Waals surface area contributed by atoms with Crippen molar-refractivity contribution in [1.82, 2.24) is 15.1 Å². The molecule has 6 nitrogen and oxygen atoms in total. The summed E-state index contributed by atoms with van der Waals surface area (Å²) in [6, 6.07) is 2.07. The third-order valence-corrected chi connectivity index (χ3v) is 3.27. The van der Waals surface area contributed by atoms with Gasteiger partial charge in [0, 0.05) is 45.6 Å². The van der Waals surface area contributed by atoms with Crippen LogP contribution in [-0.4, -0.2) is 60.4 Å². The lowest BCUT2D eigenvalue weighted by atomic mass is 10.2. The Labute approximate surface area is 100 Å². The van der Waals surface area contributed by atoms with E-state index < -0.39 is 0 Å². The van der Waals surface area contributed by atoms with Gasteiger partial charge in [-0.15, -0.1) is 0 Å². The van der Waals surface area contributed by atoms with Crippen molar-refractivity contribution in [2.24, 2.45) is 0 Å². The minimum atomic E-state index is -0.156. The van der Waals surface area contributed by atoms with Crippen LogP contribution in [0.3, 0.4) is 0 Å². The van der Waals surface area contributed by atoms with Gasteiger partial charge >= 0.3 is 0 Å². The smallest absolute Gasteiger partial charge is 0.229 e. The molecule has 0 spiro atoms. The summed E-state index contributed by atoms with van der Waals surface area (Å²) in [5.41, 5.74) is 0. The SMILES string of the molecule is N#CC1CNCCN1CCN1C(=O)CCC1=O. The first kappa shape index (κ1) is 12.0. The van der Waals surface area contributed by atoms with E-state index in [9.17, 15) is 9.59 Å². The second-order valence-electron chi connectivity index (χ2n) is 4.32. The number of carbonyl (C=O) groups is 2. The highest BCUT2D eigenvalue weighted by atomic mass is 16.2. The van der Waals surface area contributed by atoms with Crippen molar-refractivity contribution in [2.75, 3.05) is 32.7 Å². The average molecular weight is 236 g/mol. The zero-order valence-corrected chi connectivity index (χ0v) is 9.69. The van der Waals surface area contributed by atoms with Gasteiger partial charge in [-0.25, -0.2) is 0 Å². The van der Waals surface area contributed by atoms with Gasteiger partial charge in [0.1, 0.15) is 6.04 Å². The first-order chi connectivity index (χ1) is 8.22. The van der Waals surface area contributed by atoms with Crippen molar-refractivity contribution < 1.29 is 9.59 Å². The zero-order valence-electron chi connectivity index (χ0n) is 9.69. The summed E-state index contributed by atoms with van der Waals surface area (Å²) in [4.78, 5) is 26.2. The van der Waals surface area contributed by atoms with Crippen molar-refractivity contribution in [3.8, 4) is 6.07 Å². The summed E-state index contributed by atoms with van der Waals surface area (Å²) < 4.78 is 0. The summed E-state index contributed by atoms with van der Waals surface area (Å²) in [5, 5.41) is 12.1. The molecule has 0 saturated carbocycles. The quantitative estimate of drug-likeness (QED) is 0.632. The molecule has 0 aromatic rings. The van der Waals surface area contributed by atoms with Gasteiger partial charge in [0.25, 0.3) is 0 Å². The van der Waals surface area contributed by atoms with Crippen molar-refractivity contribution in [3.63, 3.8) is 0 Å². The molecule has 2 rings (SSSR count). The van der Waals surface area contributed by atoms with Gasteiger partial charge in [-0.2, -0.15) is 5.26 Å². The topological polar surface area (TPSA) is 76.4 Å². The Bertz CT molecular complexity index is 347. The number of amides is 2. The second-order valence-corrected chi connectivity index (χ2v) is 4.32. The predicted octanol–water partition coefficient (Wildman–Crippen LogP) is -1.07. The first-order valence-electron chi connectivity index (χ1n) is 5.90. The Morgan fingerprint density at radius 3 is 2.65 bits per heavy atom. The summed E-state index contributed by atoms with van der Waals surface area (Å²) in [6.07, 6.45) is 0.671. The summed E-state index contributed by atoms with van der Waals surface area (Å²) in [6.45, 7) is 3.29. The maximum atomic E-state index is 11.4. The van der Waals surface area contributed by atoms with Crippen LogP contribution in [-0.2, 0) is 9.59 Å². The lowest BCUT2D eigenvalue weighted by Gasteiger charge is -2.32.